The average Bonchev–Trinajstić information content (AvgIpc) is 2.85. The molecule has 1 saturated heterocycles. The van der Waals surface area contributed by atoms with Crippen LogP contribution in [0.2, 0.25) is 0 Å². The standard InChI is InChI=1S/C18H28N2O4S2/c1-13-11-20(12-14(2)24-13)26(22,23)9-8-19-18(21)17-10-15-6-4-3-5-7-16(15)25-17/h10,13-14H,3-9,11-12H2,1-2H3,(H,19,21). The van der Waals surface area contributed by atoms with Crippen LogP contribution in [-0.4, -0.2) is 56.2 Å². The predicted octanol–water partition coefficient (Wildman–Crippen LogP) is 2.19. The molecule has 2 heterocycles. The molecule has 1 N–H and O–H groups in total. The number of aryl methyl sites for hydroxylation is 2. The molecular weight excluding hydrogens is 372 g/mol. The number of amides is 1. The van der Waals surface area contributed by atoms with Gasteiger partial charge < -0.3 is 10.1 Å². The summed E-state index contributed by atoms with van der Waals surface area (Å²) in [5.41, 5.74) is 1.29. The molecule has 0 spiro atoms. The summed E-state index contributed by atoms with van der Waals surface area (Å²) in [6.07, 6.45) is 5.49. The molecule has 0 bridgehead atoms. The van der Waals surface area contributed by atoms with Crippen molar-refractivity contribution in [1.82, 2.24) is 9.62 Å². The third-order valence-electron chi connectivity index (χ3n) is 4.90. The lowest BCUT2D eigenvalue weighted by Crippen LogP contribution is -2.49. The van der Waals surface area contributed by atoms with Crippen molar-refractivity contribution >= 4 is 27.3 Å². The first kappa shape index (κ1) is 19.8. The van der Waals surface area contributed by atoms with Gasteiger partial charge in [0.05, 0.1) is 22.8 Å². The normalized spacial score (nSPS) is 24.7. The Morgan fingerprint density at radius 1 is 1.23 bits per heavy atom. The van der Waals surface area contributed by atoms with Crippen LogP contribution in [0.15, 0.2) is 6.07 Å². The molecule has 2 aliphatic rings. The van der Waals surface area contributed by atoms with Crippen LogP contribution in [0.1, 0.15) is 53.2 Å². The summed E-state index contributed by atoms with van der Waals surface area (Å²) < 4.78 is 32.1. The number of ether oxygens (including phenoxy) is 1. The van der Waals surface area contributed by atoms with Crippen molar-refractivity contribution < 1.29 is 17.9 Å². The fraction of sp³-hybridized carbons (Fsp3) is 0.722. The first-order valence-corrected chi connectivity index (χ1v) is 11.8. The van der Waals surface area contributed by atoms with Crippen LogP contribution in [0.4, 0.5) is 0 Å². The van der Waals surface area contributed by atoms with Crippen molar-refractivity contribution in [2.24, 2.45) is 0 Å². The zero-order valence-corrected chi connectivity index (χ0v) is 17.1. The summed E-state index contributed by atoms with van der Waals surface area (Å²) in [4.78, 5) is 14.4. The van der Waals surface area contributed by atoms with Crippen LogP contribution in [0, 0.1) is 0 Å². The lowest BCUT2D eigenvalue weighted by molar-refractivity contribution is -0.0440. The van der Waals surface area contributed by atoms with Gasteiger partial charge in [-0.3, -0.25) is 4.79 Å². The van der Waals surface area contributed by atoms with Gasteiger partial charge in [0, 0.05) is 24.5 Å². The van der Waals surface area contributed by atoms with Gasteiger partial charge in [-0.25, -0.2) is 8.42 Å². The summed E-state index contributed by atoms with van der Waals surface area (Å²) in [5, 5.41) is 2.78. The van der Waals surface area contributed by atoms with E-state index in [1.807, 2.05) is 19.9 Å². The van der Waals surface area contributed by atoms with Gasteiger partial charge >= 0.3 is 0 Å². The van der Waals surface area contributed by atoms with Crippen molar-refractivity contribution in [3.05, 3.63) is 21.4 Å². The number of nitrogens with zero attached hydrogens (tertiary/aromatic N) is 1. The van der Waals surface area contributed by atoms with E-state index in [9.17, 15) is 13.2 Å². The van der Waals surface area contributed by atoms with E-state index >= 15 is 0 Å². The Bertz CT molecular complexity index is 711. The molecule has 1 amide bonds. The summed E-state index contributed by atoms with van der Waals surface area (Å²) >= 11 is 1.55. The molecule has 0 radical (unpaired) electrons. The number of hydrogen-bond donors (Lipinski definition) is 1. The molecule has 1 aliphatic heterocycles. The molecule has 146 valence electrons. The number of carbonyl (C=O) groups is 1. The van der Waals surface area contributed by atoms with Crippen LogP contribution in [0.3, 0.4) is 0 Å². The second-order valence-corrected chi connectivity index (χ2v) is 10.5. The molecule has 1 fully saturated rings. The van der Waals surface area contributed by atoms with Crippen LogP contribution < -0.4 is 5.32 Å². The van der Waals surface area contributed by atoms with Gasteiger partial charge in [0.15, 0.2) is 0 Å². The number of sulfonamides is 1. The minimum atomic E-state index is -3.39. The maximum absolute atomic E-state index is 12.5. The number of nitrogens with one attached hydrogen (secondary N) is 1. The number of carbonyl (C=O) groups excluding carboxylic acids is 1. The molecule has 1 aromatic heterocycles. The van der Waals surface area contributed by atoms with E-state index in [4.69, 9.17) is 4.74 Å². The molecule has 3 rings (SSSR count). The molecule has 26 heavy (non-hydrogen) atoms. The molecular formula is C18H28N2O4S2. The zero-order chi connectivity index (χ0) is 18.7. The third-order valence-corrected chi connectivity index (χ3v) is 7.94. The van der Waals surface area contributed by atoms with Crippen LogP contribution in [0.5, 0.6) is 0 Å². The predicted molar refractivity (Wildman–Crippen MR) is 103 cm³/mol. The van der Waals surface area contributed by atoms with Crippen LogP contribution in [-0.2, 0) is 27.6 Å². The minimum absolute atomic E-state index is 0.0801. The van der Waals surface area contributed by atoms with E-state index in [1.54, 1.807) is 11.3 Å². The molecule has 1 aromatic rings. The lowest BCUT2D eigenvalue weighted by atomic mass is 10.1. The maximum atomic E-state index is 12.5. The van der Waals surface area contributed by atoms with E-state index in [0.717, 1.165) is 12.8 Å². The number of hydrogen-bond acceptors (Lipinski definition) is 5. The molecule has 2 unspecified atom stereocenters. The van der Waals surface area contributed by atoms with E-state index in [1.165, 1.54) is 34.0 Å². The highest BCUT2D eigenvalue weighted by atomic mass is 32.2. The first-order chi connectivity index (χ1) is 12.3. The van der Waals surface area contributed by atoms with Gasteiger partial charge in [-0.1, -0.05) is 6.42 Å². The quantitative estimate of drug-likeness (QED) is 0.769. The molecule has 2 atom stereocenters. The van der Waals surface area contributed by atoms with Crippen molar-refractivity contribution in [1.29, 1.82) is 0 Å². The topological polar surface area (TPSA) is 75.7 Å². The second kappa shape index (κ2) is 8.37. The fourth-order valence-electron chi connectivity index (χ4n) is 3.65. The smallest absolute Gasteiger partial charge is 0.261 e. The summed E-state index contributed by atoms with van der Waals surface area (Å²) in [7, 11) is -3.39. The van der Waals surface area contributed by atoms with Crippen molar-refractivity contribution in [2.45, 2.75) is 58.2 Å². The monoisotopic (exact) mass is 400 g/mol. The number of fused-ring (bicyclic) bond motifs is 1. The highest BCUT2D eigenvalue weighted by molar-refractivity contribution is 7.89. The van der Waals surface area contributed by atoms with E-state index < -0.39 is 10.0 Å². The van der Waals surface area contributed by atoms with Crippen molar-refractivity contribution in [2.75, 3.05) is 25.4 Å². The molecule has 1 aliphatic carbocycles. The maximum Gasteiger partial charge on any atom is 0.261 e. The third kappa shape index (κ3) is 4.85. The number of rotatable bonds is 5. The van der Waals surface area contributed by atoms with Crippen molar-refractivity contribution in [3.63, 3.8) is 0 Å². The highest BCUT2D eigenvalue weighted by Gasteiger charge is 2.30. The van der Waals surface area contributed by atoms with E-state index in [2.05, 4.69) is 5.32 Å². The molecule has 8 heteroatoms. The Balaban J connectivity index is 1.53. The van der Waals surface area contributed by atoms with Gasteiger partial charge in [0.1, 0.15) is 0 Å². The Morgan fingerprint density at radius 3 is 2.65 bits per heavy atom. The minimum Gasteiger partial charge on any atom is -0.373 e. The zero-order valence-electron chi connectivity index (χ0n) is 15.5. The van der Waals surface area contributed by atoms with E-state index in [0.29, 0.717) is 18.0 Å². The SMILES string of the molecule is CC1CN(S(=O)(=O)CCNC(=O)c2cc3c(s2)CCCCC3)CC(C)O1. The number of thiophene rings is 1. The summed E-state index contributed by atoms with van der Waals surface area (Å²) in [6, 6.07) is 1.99. The van der Waals surface area contributed by atoms with Crippen molar-refractivity contribution in [3.8, 4) is 0 Å². The second-order valence-electron chi connectivity index (χ2n) is 7.27. The average molecular weight is 401 g/mol. The molecule has 0 aromatic carbocycles. The first-order valence-electron chi connectivity index (χ1n) is 9.38. The Labute approximate surface area is 160 Å². The van der Waals surface area contributed by atoms with Gasteiger partial charge in [0.25, 0.3) is 5.91 Å². The van der Waals surface area contributed by atoms with Crippen LogP contribution in [0.25, 0.3) is 0 Å². The van der Waals surface area contributed by atoms with Crippen LogP contribution >= 0.6 is 11.3 Å². The molecule has 0 saturated carbocycles. The number of morpholine rings is 1. The van der Waals surface area contributed by atoms with E-state index in [-0.39, 0.29) is 30.4 Å². The van der Waals surface area contributed by atoms with Gasteiger partial charge in [-0.2, -0.15) is 4.31 Å². The molecule has 6 nitrogen and oxygen atoms in total. The van der Waals surface area contributed by atoms with Gasteiger partial charge in [-0.15, -0.1) is 11.3 Å². The lowest BCUT2D eigenvalue weighted by Gasteiger charge is -2.34. The summed E-state index contributed by atoms with van der Waals surface area (Å²) in [6.45, 7) is 4.63. The summed E-state index contributed by atoms with van der Waals surface area (Å²) in [5.74, 6) is -0.245. The Morgan fingerprint density at radius 2 is 1.92 bits per heavy atom. The fourth-order valence-corrected chi connectivity index (χ4v) is 6.31. The Hall–Kier alpha value is -0.960. The largest absolute Gasteiger partial charge is 0.373 e. The van der Waals surface area contributed by atoms with Gasteiger partial charge in [0.2, 0.25) is 10.0 Å². The highest BCUT2D eigenvalue weighted by Crippen LogP contribution is 2.28. The van der Waals surface area contributed by atoms with Gasteiger partial charge in [-0.05, 0) is 51.2 Å². The Kier molecular flexibility index (Phi) is 6.37.